The van der Waals surface area contributed by atoms with Crippen LogP contribution in [0.4, 0.5) is 0 Å². The number of carboxylic acids is 1. The molecule has 1 atom stereocenters. The summed E-state index contributed by atoms with van der Waals surface area (Å²) < 4.78 is 1.09. The summed E-state index contributed by atoms with van der Waals surface area (Å²) in [4.78, 5) is 20.9. The second-order valence-electron chi connectivity index (χ2n) is 3.01. The lowest BCUT2D eigenvalue weighted by molar-refractivity contribution is -0.140. The van der Waals surface area contributed by atoms with Crippen molar-refractivity contribution in [2.75, 3.05) is 0 Å². The van der Waals surface area contributed by atoms with E-state index in [1.165, 1.54) is 0 Å². The third-order valence-electron chi connectivity index (χ3n) is 1.92. The van der Waals surface area contributed by atoms with Crippen LogP contribution in [0.1, 0.15) is 5.56 Å². The van der Waals surface area contributed by atoms with Crippen molar-refractivity contribution in [3.8, 4) is 0 Å². The fourth-order valence-corrected chi connectivity index (χ4v) is 1.52. The lowest BCUT2D eigenvalue weighted by Crippen LogP contribution is -2.37. The first-order valence-electron chi connectivity index (χ1n) is 4.30. The minimum absolute atomic E-state index is 0.297. The Hall–Kier alpha value is -1.11. The zero-order valence-corrected chi connectivity index (χ0v) is 9.97. The molecule has 80 valence electrons. The van der Waals surface area contributed by atoms with Gasteiger partial charge in [-0.05, 0) is 40.3 Å². The first-order chi connectivity index (χ1) is 7.13. The molecule has 0 aliphatic rings. The van der Waals surface area contributed by atoms with Crippen molar-refractivity contribution in [2.45, 2.75) is 12.5 Å². The molecule has 0 aromatic heterocycles. The topological polar surface area (TPSA) is 66.4 Å². The highest BCUT2D eigenvalue weighted by molar-refractivity contribution is 14.1. The smallest absolute Gasteiger partial charge is 0.326 e. The summed E-state index contributed by atoms with van der Waals surface area (Å²) in [6.07, 6.45) is 0.705. The zero-order chi connectivity index (χ0) is 11.3. The third-order valence-corrected chi connectivity index (χ3v) is 2.64. The number of aliphatic carboxylic acids is 1. The molecule has 1 aromatic rings. The van der Waals surface area contributed by atoms with E-state index in [1.54, 1.807) is 0 Å². The summed E-state index contributed by atoms with van der Waals surface area (Å²) in [5.74, 6) is -1.03. The highest BCUT2D eigenvalue weighted by Gasteiger charge is 2.16. The molecule has 1 unspecified atom stereocenters. The molecule has 4 nitrogen and oxygen atoms in total. The van der Waals surface area contributed by atoms with Crippen molar-refractivity contribution in [3.63, 3.8) is 0 Å². The van der Waals surface area contributed by atoms with Crippen molar-refractivity contribution in [3.05, 3.63) is 33.4 Å². The summed E-state index contributed by atoms with van der Waals surface area (Å²) in [6.45, 7) is 0. The van der Waals surface area contributed by atoms with E-state index >= 15 is 0 Å². The summed E-state index contributed by atoms with van der Waals surface area (Å²) >= 11 is 2.17. The Morgan fingerprint density at radius 2 is 2.07 bits per heavy atom. The third kappa shape index (κ3) is 3.86. The number of carbonyl (C=O) groups excluding carboxylic acids is 1. The largest absolute Gasteiger partial charge is 0.480 e. The molecule has 0 heterocycles. The highest BCUT2D eigenvalue weighted by atomic mass is 127. The van der Waals surface area contributed by atoms with Crippen LogP contribution in [0.2, 0.25) is 0 Å². The minimum atomic E-state index is -1.03. The fourth-order valence-electron chi connectivity index (χ4n) is 1.16. The van der Waals surface area contributed by atoms with Crippen LogP contribution < -0.4 is 5.32 Å². The van der Waals surface area contributed by atoms with Gasteiger partial charge in [0.05, 0.1) is 0 Å². The van der Waals surface area contributed by atoms with Gasteiger partial charge in [0.25, 0.3) is 0 Å². The molecule has 1 amide bonds. The lowest BCUT2D eigenvalue weighted by atomic mass is 10.1. The molecular formula is C10H10INO3. The predicted octanol–water partition coefficient (Wildman–Crippen LogP) is 1.03. The van der Waals surface area contributed by atoms with Crippen molar-refractivity contribution in [1.29, 1.82) is 0 Å². The average Bonchev–Trinajstić information content (AvgIpc) is 2.20. The van der Waals surface area contributed by atoms with Gasteiger partial charge in [-0.25, -0.2) is 4.79 Å². The van der Waals surface area contributed by atoms with Crippen molar-refractivity contribution in [1.82, 2.24) is 5.32 Å². The number of halogens is 1. The van der Waals surface area contributed by atoms with Gasteiger partial charge in [-0.3, -0.25) is 4.79 Å². The summed E-state index contributed by atoms with van der Waals surface area (Å²) in [5, 5.41) is 11.1. The molecule has 0 fully saturated rings. The van der Waals surface area contributed by atoms with E-state index < -0.39 is 12.0 Å². The molecule has 1 rings (SSSR count). The molecule has 0 aliphatic heterocycles. The van der Waals surface area contributed by atoms with Gasteiger partial charge < -0.3 is 10.4 Å². The first-order valence-corrected chi connectivity index (χ1v) is 5.38. The molecule has 0 bridgehead atoms. The quantitative estimate of drug-likeness (QED) is 0.629. The normalized spacial score (nSPS) is 11.8. The first kappa shape index (κ1) is 12.0. The fraction of sp³-hybridized carbons (Fsp3) is 0.200. The van der Waals surface area contributed by atoms with Gasteiger partial charge >= 0.3 is 5.97 Å². The van der Waals surface area contributed by atoms with Crippen molar-refractivity contribution >= 4 is 35.0 Å². The summed E-state index contributed by atoms with van der Waals surface area (Å²) in [5.41, 5.74) is 0.886. The van der Waals surface area contributed by atoms with Crippen LogP contribution in [0.25, 0.3) is 0 Å². The molecule has 0 spiro atoms. The Morgan fingerprint density at radius 1 is 1.47 bits per heavy atom. The standard InChI is InChI=1S/C10H10INO3/c11-8-3-1-7(2-4-8)5-9(10(14)15)12-6-13/h1-4,6,9H,5H2,(H,12,13)(H,14,15). The Morgan fingerprint density at radius 3 is 2.53 bits per heavy atom. The van der Waals surface area contributed by atoms with E-state index in [0.29, 0.717) is 12.8 Å². The van der Waals surface area contributed by atoms with E-state index in [4.69, 9.17) is 5.11 Å². The molecule has 0 saturated carbocycles. The van der Waals surface area contributed by atoms with Crippen LogP contribution in [0.5, 0.6) is 0 Å². The number of amides is 1. The van der Waals surface area contributed by atoms with Gasteiger partial charge in [0, 0.05) is 9.99 Å². The van der Waals surface area contributed by atoms with Gasteiger partial charge in [-0.2, -0.15) is 0 Å². The van der Waals surface area contributed by atoms with Crippen molar-refractivity contribution < 1.29 is 14.7 Å². The van der Waals surface area contributed by atoms with Gasteiger partial charge in [0.15, 0.2) is 0 Å². The van der Waals surface area contributed by atoms with Crippen LogP contribution in [-0.4, -0.2) is 23.5 Å². The maximum atomic E-state index is 10.7. The molecule has 0 radical (unpaired) electrons. The maximum absolute atomic E-state index is 10.7. The van der Waals surface area contributed by atoms with Crippen molar-refractivity contribution in [2.24, 2.45) is 0 Å². The number of benzene rings is 1. The van der Waals surface area contributed by atoms with E-state index in [1.807, 2.05) is 24.3 Å². The number of nitrogens with one attached hydrogen (secondary N) is 1. The van der Waals surface area contributed by atoms with Gasteiger partial charge in [-0.1, -0.05) is 12.1 Å². The minimum Gasteiger partial charge on any atom is -0.480 e. The number of carbonyl (C=O) groups is 2. The number of hydrogen-bond donors (Lipinski definition) is 2. The molecule has 2 N–H and O–H groups in total. The second-order valence-corrected chi connectivity index (χ2v) is 4.25. The van der Waals surface area contributed by atoms with Gasteiger partial charge in [-0.15, -0.1) is 0 Å². The SMILES string of the molecule is O=CNC(Cc1ccc(I)cc1)C(=O)O. The van der Waals surface area contributed by atoms with E-state index in [9.17, 15) is 9.59 Å². The molecule has 0 aliphatic carbocycles. The number of hydrogen-bond acceptors (Lipinski definition) is 2. The van der Waals surface area contributed by atoms with Gasteiger partial charge in [0.1, 0.15) is 6.04 Å². The number of carboxylic acid groups (broad SMARTS) is 1. The van der Waals surface area contributed by atoms with E-state index in [2.05, 4.69) is 27.9 Å². The molecule has 0 saturated heterocycles. The Balaban J connectivity index is 2.69. The zero-order valence-electron chi connectivity index (χ0n) is 7.81. The van der Waals surface area contributed by atoms with E-state index in [0.717, 1.165) is 9.13 Å². The summed E-state index contributed by atoms with van der Waals surface area (Å²) in [6, 6.07) is 6.64. The van der Waals surface area contributed by atoms with Crippen LogP contribution >= 0.6 is 22.6 Å². The summed E-state index contributed by atoms with van der Waals surface area (Å²) in [7, 11) is 0. The molecule has 1 aromatic carbocycles. The predicted molar refractivity (Wildman–Crippen MR) is 63.5 cm³/mol. The van der Waals surface area contributed by atoms with Gasteiger partial charge in [0.2, 0.25) is 6.41 Å². The lowest BCUT2D eigenvalue weighted by Gasteiger charge is -2.10. The molecular weight excluding hydrogens is 309 g/mol. The second kappa shape index (κ2) is 5.69. The Kier molecular flexibility index (Phi) is 4.54. The van der Waals surface area contributed by atoms with Crippen LogP contribution in [0, 0.1) is 3.57 Å². The van der Waals surface area contributed by atoms with Crippen LogP contribution in [0.3, 0.4) is 0 Å². The molecule has 5 heteroatoms. The van der Waals surface area contributed by atoms with Crippen LogP contribution in [-0.2, 0) is 16.0 Å². The Bertz CT molecular complexity index is 350. The highest BCUT2D eigenvalue weighted by Crippen LogP contribution is 2.08. The number of rotatable bonds is 5. The van der Waals surface area contributed by atoms with E-state index in [-0.39, 0.29) is 0 Å². The van der Waals surface area contributed by atoms with Crippen LogP contribution in [0.15, 0.2) is 24.3 Å². The maximum Gasteiger partial charge on any atom is 0.326 e. The molecule has 15 heavy (non-hydrogen) atoms. The monoisotopic (exact) mass is 319 g/mol. The average molecular weight is 319 g/mol. The Labute approximate surface area is 101 Å².